The maximum atomic E-state index is 12.5. The summed E-state index contributed by atoms with van der Waals surface area (Å²) in [5.74, 6) is -1.36. The van der Waals surface area contributed by atoms with Crippen molar-refractivity contribution < 1.29 is 24.2 Å². The number of hydrogen-bond donors (Lipinski definition) is 2. The number of ether oxygens (including phenoxy) is 1. The Bertz CT molecular complexity index is 943. The zero-order chi connectivity index (χ0) is 34.5. The number of esters is 1. The molecule has 0 aromatic carbocycles. The first-order valence-electron chi connectivity index (χ1n) is 18.6. The van der Waals surface area contributed by atoms with E-state index in [1.54, 1.807) is 0 Å². The molecule has 47 heavy (non-hydrogen) atoms. The second-order valence-electron chi connectivity index (χ2n) is 12.1. The van der Waals surface area contributed by atoms with Gasteiger partial charge in [0.25, 0.3) is 0 Å². The lowest BCUT2D eigenvalue weighted by Crippen LogP contribution is -2.28. The van der Waals surface area contributed by atoms with Crippen LogP contribution < -0.4 is 5.32 Å². The van der Waals surface area contributed by atoms with Gasteiger partial charge in [0.1, 0.15) is 12.6 Å². The first-order valence-corrected chi connectivity index (χ1v) is 18.6. The number of rotatable bonds is 32. The number of carbonyl (C=O) groups is 3. The second kappa shape index (κ2) is 35.7. The fraction of sp³-hybridized carbons (Fsp3) is 0.634. The number of carbonyl (C=O) groups excluding carboxylic acids is 2. The van der Waals surface area contributed by atoms with Crippen LogP contribution in [0.4, 0.5) is 0 Å². The van der Waals surface area contributed by atoms with Crippen molar-refractivity contribution in [2.75, 3.05) is 6.54 Å². The smallest absolute Gasteiger partial charge is 0.322 e. The molecule has 0 radical (unpaired) electrons. The summed E-state index contributed by atoms with van der Waals surface area (Å²) < 4.78 is 5.78. The Morgan fingerprint density at radius 2 is 1.11 bits per heavy atom. The quantitative estimate of drug-likeness (QED) is 0.0428. The molecule has 6 nitrogen and oxygen atoms in total. The van der Waals surface area contributed by atoms with Gasteiger partial charge in [-0.25, -0.2) is 0 Å². The van der Waals surface area contributed by atoms with E-state index in [9.17, 15) is 14.4 Å². The Balaban J connectivity index is 3.82. The van der Waals surface area contributed by atoms with E-state index in [-0.39, 0.29) is 24.5 Å². The summed E-state index contributed by atoms with van der Waals surface area (Å²) in [6, 6.07) is 0. The summed E-state index contributed by atoms with van der Waals surface area (Å²) in [4.78, 5) is 34.6. The Hall–Kier alpha value is -3.15. The third kappa shape index (κ3) is 35.5. The zero-order valence-electron chi connectivity index (χ0n) is 29.8. The largest absolute Gasteiger partial charge is 0.480 e. The van der Waals surface area contributed by atoms with Crippen molar-refractivity contribution in [3.8, 4) is 0 Å². The Morgan fingerprint density at radius 3 is 1.68 bits per heavy atom. The normalized spacial score (nSPS) is 12.9. The Labute approximate surface area is 287 Å². The first kappa shape index (κ1) is 43.9. The van der Waals surface area contributed by atoms with Crippen molar-refractivity contribution in [3.63, 3.8) is 0 Å². The van der Waals surface area contributed by atoms with Crippen LogP contribution in [0.15, 0.2) is 72.9 Å². The highest BCUT2D eigenvalue weighted by molar-refractivity contribution is 5.80. The van der Waals surface area contributed by atoms with Crippen LogP contribution in [-0.4, -0.2) is 35.6 Å². The van der Waals surface area contributed by atoms with Gasteiger partial charge in [0.15, 0.2) is 0 Å². The van der Waals surface area contributed by atoms with E-state index in [4.69, 9.17) is 9.84 Å². The lowest BCUT2D eigenvalue weighted by molar-refractivity contribution is -0.147. The predicted molar refractivity (Wildman–Crippen MR) is 198 cm³/mol. The van der Waals surface area contributed by atoms with E-state index in [1.807, 2.05) is 6.08 Å². The number of aliphatic carboxylic acids is 1. The number of carboxylic acid groups (broad SMARTS) is 1. The molecule has 2 N–H and O–H groups in total. The maximum Gasteiger partial charge on any atom is 0.322 e. The highest BCUT2D eigenvalue weighted by atomic mass is 16.5. The lowest BCUT2D eigenvalue weighted by atomic mass is 10.1. The lowest BCUT2D eigenvalue weighted by Gasteiger charge is -2.15. The minimum absolute atomic E-state index is 0.108. The van der Waals surface area contributed by atoms with Crippen LogP contribution >= 0.6 is 0 Å². The van der Waals surface area contributed by atoms with Crippen LogP contribution in [-0.2, 0) is 19.1 Å². The summed E-state index contributed by atoms with van der Waals surface area (Å²) in [5.41, 5.74) is 0. The van der Waals surface area contributed by atoms with Crippen molar-refractivity contribution in [3.05, 3.63) is 72.9 Å². The number of amides is 1. The molecule has 0 aliphatic rings. The SMILES string of the molecule is CC/C=C\C/C=C\C/C=C\C/C=C\C/C=C\CCCCCCCCCC(=O)OC(/C=C\CCC)CCCCCCC(=O)NCC(=O)O. The molecule has 0 aromatic heterocycles. The third-order valence-corrected chi connectivity index (χ3v) is 7.58. The van der Waals surface area contributed by atoms with Crippen molar-refractivity contribution in [1.29, 1.82) is 0 Å². The minimum Gasteiger partial charge on any atom is -0.480 e. The maximum absolute atomic E-state index is 12.5. The van der Waals surface area contributed by atoms with E-state index in [1.165, 1.54) is 32.1 Å². The summed E-state index contributed by atoms with van der Waals surface area (Å²) in [5, 5.41) is 11.0. The molecule has 1 unspecified atom stereocenters. The fourth-order valence-electron chi connectivity index (χ4n) is 4.87. The van der Waals surface area contributed by atoms with E-state index in [0.717, 1.165) is 96.3 Å². The van der Waals surface area contributed by atoms with Gasteiger partial charge in [-0.2, -0.15) is 0 Å². The van der Waals surface area contributed by atoms with Crippen molar-refractivity contribution in [2.24, 2.45) is 0 Å². The molecular formula is C41H67NO5. The summed E-state index contributed by atoms with van der Waals surface area (Å²) >= 11 is 0. The van der Waals surface area contributed by atoms with Crippen LogP contribution in [0, 0.1) is 0 Å². The molecule has 0 heterocycles. The standard InChI is InChI=1S/C41H67NO5/c1-3-5-7-8-9-10-11-12-13-14-15-16-17-18-19-20-21-22-23-24-25-26-32-36-41(46)47-38(33-29-6-4-2)34-30-27-28-31-35-39(43)42-37-40(44)45/h5,7,9-10,12-13,15-16,18-19,29,33,38H,3-4,6,8,11,14,17,20-28,30-32,34-37H2,1-2H3,(H,42,43)(H,44,45)/b7-5-,10-9-,13-12-,16-15-,19-18-,33-29-. The molecule has 0 saturated heterocycles. The second-order valence-corrected chi connectivity index (χ2v) is 12.1. The average Bonchev–Trinajstić information content (AvgIpc) is 3.05. The van der Waals surface area contributed by atoms with Crippen LogP contribution in [0.5, 0.6) is 0 Å². The van der Waals surface area contributed by atoms with E-state index < -0.39 is 5.97 Å². The van der Waals surface area contributed by atoms with Gasteiger partial charge in [0, 0.05) is 12.8 Å². The predicted octanol–water partition coefficient (Wildman–Crippen LogP) is 11.1. The van der Waals surface area contributed by atoms with Gasteiger partial charge in [-0.05, 0) is 83.1 Å². The fourth-order valence-corrected chi connectivity index (χ4v) is 4.87. The molecule has 1 atom stereocenters. The van der Waals surface area contributed by atoms with Crippen molar-refractivity contribution >= 4 is 17.8 Å². The van der Waals surface area contributed by atoms with Gasteiger partial charge >= 0.3 is 11.9 Å². The van der Waals surface area contributed by atoms with Gasteiger partial charge in [-0.3, -0.25) is 14.4 Å². The summed E-state index contributed by atoms with van der Waals surface area (Å²) in [6.07, 6.45) is 47.9. The third-order valence-electron chi connectivity index (χ3n) is 7.58. The molecule has 6 heteroatoms. The molecule has 0 saturated carbocycles. The van der Waals surface area contributed by atoms with Gasteiger partial charge < -0.3 is 15.2 Å². The molecule has 0 aromatic rings. The zero-order valence-corrected chi connectivity index (χ0v) is 29.8. The van der Waals surface area contributed by atoms with Crippen LogP contribution in [0.2, 0.25) is 0 Å². The number of hydrogen-bond acceptors (Lipinski definition) is 4. The van der Waals surface area contributed by atoms with Crippen molar-refractivity contribution in [2.45, 2.75) is 161 Å². The number of carboxylic acids is 1. The summed E-state index contributed by atoms with van der Waals surface area (Å²) in [6.45, 7) is 3.96. The van der Waals surface area contributed by atoms with Crippen molar-refractivity contribution in [1.82, 2.24) is 5.32 Å². The molecule has 266 valence electrons. The molecule has 0 aliphatic carbocycles. The minimum atomic E-state index is -1.03. The van der Waals surface area contributed by atoms with Crippen LogP contribution in [0.3, 0.4) is 0 Å². The molecular weight excluding hydrogens is 586 g/mol. The topological polar surface area (TPSA) is 92.7 Å². The van der Waals surface area contributed by atoms with Gasteiger partial charge in [0.2, 0.25) is 5.91 Å². The van der Waals surface area contributed by atoms with Crippen LogP contribution in [0.1, 0.15) is 155 Å². The first-order chi connectivity index (χ1) is 23.0. The molecule has 1 amide bonds. The molecule has 0 spiro atoms. The van der Waals surface area contributed by atoms with Gasteiger partial charge in [-0.15, -0.1) is 0 Å². The van der Waals surface area contributed by atoms with E-state index in [0.29, 0.717) is 12.8 Å². The molecule has 0 fully saturated rings. The van der Waals surface area contributed by atoms with E-state index >= 15 is 0 Å². The van der Waals surface area contributed by atoms with Gasteiger partial charge in [-0.1, -0.05) is 132 Å². The van der Waals surface area contributed by atoms with Gasteiger partial charge in [0.05, 0.1) is 0 Å². The average molecular weight is 654 g/mol. The molecule has 0 rings (SSSR count). The number of unbranched alkanes of at least 4 members (excludes halogenated alkanes) is 11. The highest BCUT2D eigenvalue weighted by Crippen LogP contribution is 2.14. The molecule has 0 bridgehead atoms. The van der Waals surface area contributed by atoms with E-state index in [2.05, 4.69) is 86.0 Å². The highest BCUT2D eigenvalue weighted by Gasteiger charge is 2.11. The number of nitrogens with one attached hydrogen (secondary N) is 1. The monoisotopic (exact) mass is 654 g/mol. The Kier molecular flexibility index (Phi) is 33.3. The molecule has 0 aliphatic heterocycles. The number of allylic oxidation sites excluding steroid dienone is 11. The van der Waals surface area contributed by atoms with Crippen LogP contribution in [0.25, 0.3) is 0 Å². The summed E-state index contributed by atoms with van der Waals surface area (Å²) in [7, 11) is 0. The Morgan fingerprint density at radius 1 is 0.596 bits per heavy atom.